The van der Waals surface area contributed by atoms with Gasteiger partial charge in [0, 0.05) is 21.4 Å². The van der Waals surface area contributed by atoms with E-state index < -0.39 is 5.97 Å². The second-order valence-electron chi connectivity index (χ2n) is 7.63. The van der Waals surface area contributed by atoms with Crippen molar-refractivity contribution in [1.29, 1.82) is 0 Å². The van der Waals surface area contributed by atoms with Crippen molar-refractivity contribution in [1.82, 2.24) is 9.78 Å². The maximum atomic E-state index is 11.2. The molecule has 1 N–H and O–H groups in total. The number of carbonyl (C=O) groups is 1. The summed E-state index contributed by atoms with van der Waals surface area (Å²) in [5.41, 5.74) is 3.19. The van der Waals surface area contributed by atoms with Crippen LogP contribution in [-0.4, -0.2) is 27.5 Å². The van der Waals surface area contributed by atoms with Crippen LogP contribution in [0.3, 0.4) is 0 Å². The van der Waals surface area contributed by atoms with E-state index in [-0.39, 0.29) is 5.56 Å². The van der Waals surface area contributed by atoms with Crippen molar-refractivity contribution in [3.05, 3.63) is 58.2 Å². The summed E-state index contributed by atoms with van der Waals surface area (Å²) in [5, 5.41) is 15.3. The van der Waals surface area contributed by atoms with Gasteiger partial charge in [-0.3, -0.25) is 4.68 Å². The molecule has 2 aromatic carbocycles. The molecule has 5 nitrogen and oxygen atoms in total. The number of halogens is 1. The molecule has 1 saturated carbocycles. The molecule has 0 amide bonds. The van der Waals surface area contributed by atoms with Crippen molar-refractivity contribution in [2.24, 2.45) is 5.41 Å². The van der Waals surface area contributed by atoms with Gasteiger partial charge >= 0.3 is 5.97 Å². The lowest BCUT2D eigenvalue weighted by atomic mass is 10.1. The van der Waals surface area contributed by atoms with Crippen LogP contribution in [0, 0.1) is 12.3 Å². The Kier molecular flexibility index (Phi) is 4.35. The van der Waals surface area contributed by atoms with E-state index in [9.17, 15) is 9.90 Å². The zero-order valence-corrected chi connectivity index (χ0v) is 16.1. The van der Waals surface area contributed by atoms with Crippen LogP contribution in [0.1, 0.15) is 41.4 Å². The van der Waals surface area contributed by atoms with E-state index >= 15 is 0 Å². The molecule has 0 radical (unpaired) electrons. The Morgan fingerprint density at radius 2 is 2.07 bits per heavy atom. The summed E-state index contributed by atoms with van der Waals surface area (Å²) in [4.78, 5) is 11.2. The topological polar surface area (TPSA) is 64.4 Å². The van der Waals surface area contributed by atoms with Crippen LogP contribution in [0.5, 0.6) is 5.75 Å². The Balaban J connectivity index is 1.67. The molecule has 0 spiro atoms. The first-order valence-corrected chi connectivity index (χ1v) is 9.34. The summed E-state index contributed by atoms with van der Waals surface area (Å²) < 4.78 is 7.95. The summed E-state index contributed by atoms with van der Waals surface area (Å²) in [6.07, 6.45) is 2.40. The normalized spacial score (nSPS) is 15.1. The van der Waals surface area contributed by atoms with E-state index in [1.807, 2.05) is 29.8 Å². The van der Waals surface area contributed by atoms with Gasteiger partial charge in [-0.1, -0.05) is 18.5 Å². The van der Waals surface area contributed by atoms with Gasteiger partial charge in [-0.15, -0.1) is 0 Å². The number of aromatic carboxylic acids is 1. The van der Waals surface area contributed by atoms with Gasteiger partial charge in [0.15, 0.2) is 0 Å². The predicted octanol–water partition coefficient (Wildman–Crippen LogP) is 4.92. The average molecular weight is 385 g/mol. The summed E-state index contributed by atoms with van der Waals surface area (Å²) in [6, 6.07) is 10.7. The number of hydrogen-bond acceptors (Lipinski definition) is 3. The number of fused-ring (bicyclic) bond motifs is 1. The third-order valence-electron chi connectivity index (χ3n) is 5.20. The number of aromatic nitrogens is 2. The number of rotatable bonds is 6. The van der Waals surface area contributed by atoms with E-state index in [1.165, 1.54) is 12.8 Å². The molecule has 0 bridgehead atoms. The van der Waals surface area contributed by atoms with Gasteiger partial charge in [-0.05, 0) is 56.2 Å². The Hall–Kier alpha value is -2.53. The molecular weight excluding hydrogens is 364 g/mol. The highest BCUT2D eigenvalue weighted by atomic mass is 35.5. The summed E-state index contributed by atoms with van der Waals surface area (Å²) in [6.45, 7) is 5.31. The number of hydrogen-bond donors (Lipinski definition) is 1. The lowest BCUT2D eigenvalue weighted by molar-refractivity contribution is 0.0697. The minimum atomic E-state index is -0.942. The highest BCUT2D eigenvalue weighted by Gasteiger charge is 2.38. The number of aryl methyl sites for hydroxylation is 1. The fraction of sp³-hybridized carbons (Fsp3) is 0.333. The van der Waals surface area contributed by atoms with Crippen molar-refractivity contribution in [3.8, 4) is 5.75 Å². The van der Waals surface area contributed by atoms with E-state index in [0.717, 1.165) is 27.9 Å². The first kappa shape index (κ1) is 17.9. The molecule has 1 aromatic heterocycles. The van der Waals surface area contributed by atoms with Crippen molar-refractivity contribution in [2.45, 2.75) is 33.2 Å². The van der Waals surface area contributed by atoms with Crippen LogP contribution in [0.2, 0.25) is 5.02 Å². The molecule has 140 valence electrons. The first-order chi connectivity index (χ1) is 12.8. The Morgan fingerprint density at radius 1 is 1.30 bits per heavy atom. The van der Waals surface area contributed by atoms with Gasteiger partial charge < -0.3 is 9.84 Å². The van der Waals surface area contributed by atoms with E-state index in [4.69, 9.17) is 16.3 Å². The number of ether oxygens (including phenoxy) is 1. The largest absolute Gasteiger partial charge is 0.493 e. The van der Waals surface area contributed by atoms with Crippen LogP contribution in [-0.2, 0) is 6.54 Å². The van der Waals surface area contributed by atoms with Crippen LogP contribution >= 0.6 is 11.6 Å². The van der Waals surface area contributed by atoms with Crippen LogP contribution < -0.4 is 4.74 Å². The van der Waals surface area contributed by atoms with Gasteiger partial charge in [0.05, 0.1) is 29.9 Å². The van der Waals surface area contributed by atoms with Gasteiger partial charge in [-0.25, -0.2) is 4.79 Å². The van der Waals surface area contributed by atoms with Gasteiger partial charge in [0.25, 0.3) is 0 Å². The van der Waals surface area contributed by atoms with Crippen molar-refractivity contribution in [2.75, 3.05) is 6.61 Å². The lowest BCUT2D eigenvalue weighted by Gasteiger charge is -2.15. The molecule has 0 unspecified atom stereocenters. The zero-order chi connectivity index (χ0) is 19.2. The fourth-order valence-corrected chi connectivity index (χ4v) is 3.37. The molecule has 1 heterocycles. The molecule has 3 aromatic rings. The van der Waals surface area contributed by atoms with Gasteiger partial charge in [0.2, 0.25) is 0 Å². The smallest absolute Gasteiger partial charge is 0.335 e. The lowest BCUT2D eigenvalue weighted by Crippen LogP contribution is -2.11. The summed E-state index contributed by atoms with van der Waals surface area (Å²) in [7, 11) is 0. The van der Waals surface area contributed by atoms with E-state index in [1.54, 1.807) is 18.2 Å². The number of carboxylic acids is 1. The minimum Gasteiger partial charge on any atom is -0.493 e. The second kappa shape index (κ2) is 6.57. The van der Waals surface area contributed by atoms with Gasteiger partial charge in [-0.2, -0.15) is 5.10 Å². The van der Waals surface area contributed by atoms with E-state index in [0.29, 0.717) is 23.6 Å². The Morgan fingerprint density at radius 3 is 2.78 bits per heavy atom. The van der Waals surface area contributed by atoms with Crippen LogP contribution in [0.4, 0.5) is 0 Å². The molecule has 4 rings (SSSR count). The molecule has 0 aliphatic heterocycles. The maximum absolute atomic E-state index is 11.2. The molecular formula is C21H21ClN2O3. The van der Waals surface area contributed by atoms with Crippen LogP contribution in [0.25, 0.3) is 10.9 Å². The van der Waals surface area contributed by atoms with Crippen LogP contribution in [0.15, 0.2) is 36.4 Å². The number of carboxylic acid groups (broad SMARTS) is 1. The standard InChI is InChI=1S/C21H21ClN2O3/c1-13-17-10-14(20(25)26)3-5-18(17)24(23-13)11-15-9-16(22)4-6-19(15)27-12-21(2)7-8-21/h3-6,9-10H,7-8,11-12H2,1-2H3,(H,25,26). The van der Waals surface area contributed by atoms with Gasteiger partial charge in [0.1, 0.15) is 5.75 Å². The Bertz CT molecular complexity index is 1040. The quantitative estimate of drug-likeness (QED) is 0.654. The molecule has 0 atom stereocenters. The monoisotopic (exact) mass is 384 g/mol. The number of nitrogens with zero attached hydrogens (tertiary/aromatic N) is 2. The molecule has 6 heteroatoms. The van der Waals surface area contributed by atoms with Crippen molar-refractivity contribution in [3.63, 3.8) is 0 Å². The molecule has 1 aliphatic carbocycles. The highest BCUT2D eigenvalue weighted by molar-refractivity contribution is 6.30. The maximum Gasteiger partial charge on any atom is 0.335 e. The van der Waals surface area contributed by atoms with E-state index in [2.05, 4.69) is 12.0 Å². The number of benzene rings is 2. The third kappa shape index (κ3) is 3.65. The fourth-order valence-electron chi connectivity index (χ4n) is 3.18. The summed E-state index contributed by atoms with van der Waals surface area (Å²) >= 11 is 6.21. The minimum absolute atomic E-state index is 0.259. The summed E-state index contributed by atoms with van der Waals surface area (Å²) in [5.74, 6) is -0.126. The predicted molar refractivity (Wildman–Crippen MR) is 105 cm³/mol. The van der Waals surface area contributed by atoms with Crippen molar-refractivity contribution < 1.29 is 14.6 Å². The molecule has 0 saturated heterocycles. The molecule has 1 aliphatic rings. The second-order valence-corrected chi connectivity index (χ2v) is 8.07. The SMILES string of the molecule is Cc1nn(Cc2cc(Cl)ccc2OCC2(C)CC2)c2ccc(C(=O)O)cc12. The first-order valence-electron chi connectivity index (χ1n) is 8.96. The zero-order valence-electron chi connectivity index (χ0n) is 15.3. The molecule has 27 heavy (non-hydrogen) atoms. The highest BCUT2D eigenvalue weighted by Crippen LogP contribution is 2.45. The third-order valence-corrected chi connectivity index (χ3v) is 5.44. The average Bonchev–Trinajstić information content (AvgIpc) is 3.29. The van der Waals surface area contributed by atoms with Crippen molar-refractivity contribution >= 4 is 28.5 Å². The Labute approximate surface area is 162 Å². The molecule has 1 fully saturated rings.